The van der Waals surface area contributed by atoms with E-state index in [1.165, 1.54) is 44.6 Å². The number of methoxy groups -OCH3 is 2. The number of ether oxygens (including phenoxy) is 2. The summed E-state index contributed by atoms with van der Waals surface area (Å²) in [5.74, 6) is 0.711. The van der Waals surface area contributed by atoms with Crippen LogP contribution in [0.15, 0.2) is 165 Å². The lowest BCUT2D eigenvalue weighted by atomic mass is 10.1. The van der Waals surface area contributed by atoms with Crippen LogP contribution in [0.3, 0.4) is 0 Å². The number of carbonyl (C=O) groups excluding carboxylic acids is 1. The van der Waals surface area contributed by atoms with Gasteiger partial charge in [0.05, 0.1) is 58.1 Å². The van der Waals surface area contributed by atoms with E-state index < -0.39 is 46.2 Å². The van der Waals surface area contributed by atoms with E-state index >= 15 is 0 Å². The Bertz CT molecular complexity index is 4320. The highest BCUT2D eigenvalue weighted by Crippen LogP contribution is 2.40. The van der Waals surface area contributed by atoms with Crippen molar-refractivity contribution in [1.29, 1.82) is 0 Å². The van der Waals surface area contributed by atoms with Crippen molar-refractivity contribution in [2.45, 2.75) is 63.2 Å². The monoisotopic (exact) mass is 1130 g/mol. The SMILES string of the molecule is COc1cc(N=Nc2ccc3cc(S(=O)(=O)O)cc(C)c3c2)c(C)cc1N=Nc1cc(C)c(NC(=O)Nc2cc(C)c(N=Nc3cc(C)c(N=Nc4ccc5cc(S(=O)(=O)O)cc(S(=O)(=O)O)c5c4)cc3OC)cc2C)cc1C. The molecular weight excluding hydrogens is 1080 g/mol. The minimum atomic E-state index is -4.91. The molecule has 0 aromatic heterocycles. The maximum absolute atomic E-state index is 13.4. The zero-order valence-corrected chi connectivity index (χ0v) is 46.2. The van der Waals surface area contributed by atoms with E-state index in [0.29, 0.717) is 96.4 Å². The number of anilines is 2. The third kappa shape index (κ3) is 13.0. The van der Waals surface area contributed by atoms with Crippen LogP contribution in [0.2, 0.25) is 0 Å². The molecule has 5 N–H and O–H groups in total. The van der Waals surface area contributed by atoms with Gasteiger partial charge in [0.25, 0.3) is 30.4 Å². The van der Waals surface area contributed by atoms with E-state index in [2.05, 4.69) is 51.5 Å². The predicted molar refractivity (Wildman–Crippen MR) is 299 cm³/mol. The zero-order valence-electron chi connectivity index (χ0n) is 43.7. The number of fused-ring (bicyclic) bond motifs is 2. The molecule has 0 unspecified atom stereocenters. The molecular formula is C54H50N10O12S3. The van der Waals surface area contributed by atoms with Crippen molar-refractivity contribution in [1.82, 2.24) is 0 Å². The van der Waals surface area contributed by atoms with Crippen molar-refractivity contribution in [2.24, 2.45) is 40.9 Å². The predicted octanol–water partition coefficient (Wildman–Crippen LogP) is 15.2. The highest BCUT2D eigenvalue weighted by molar-refractivity contribution is 7.87. The van der Waals surface area contributed by atoms with Crippen LogP contribution in [0.4, 0.5) is 61.7 Å². The molecule has 406 valence electrons. The standard InChI is InChI=1S/C54H50N10O12S3/c1-28-14-39(77(66,67)68)21-35-10-12-37(23-41(28)35)57-59-47-26-51(75-8)49(19-33(47)6)63-61-45-17-29(2)43(15-31(45)4)55-54(65)56-44-16-32(5)46(18-30(44)3)62-64-50-20-34(7)48(27-52(50)76-9)60-58-38-13-11-36-22-40(78(69,70)71)25-53(42(36)24-38)79(72,73)74/h10-27H,1-9H3,(H2,55,56,65)(H,66,67,68)(H,69,70,71)(H,72,73,74). The summed E-state index contributed by atoms with van der Waals surface area (Å²) in [5.41, 5.74) is 9.51. The Labute approximate surface area is 454 Å². The number of azo groups is 4. The number of carbonyl (C=O) groups is 1. The summed E-state index contributed by atoms with van der Waals surface area (Å²) in [4.78, 5) is 11.8. The quantitative estimate of drug-likeness (QED) is 0.0472. The number of rotatable bonds is 15. The number of hydrogen-bond donors (Lipinski definition) is 5. The maximum atomic E-state index is 13.4. The van der Waals surface area contributed by atoms with Crippen LogP contribution in [0.25, 0.3) is 21.5 Å². The van der Waals surface area contributed by atoms with E-state index in [1.54, 1.807) is 74.5 Å². The van der Waals surface area contributed by atoms with Crippen molar-refractivity contribution in [3.05, 3.63) is 148 Å². The number of nitrogens with zero attached hydrogens (tertiary/aromatic N) is 8. The Kier molecular flexibility index (Phi) is 16.0. The van der Waals surface area contributed by atoms with Crippen molar-refractivity contribution in [2.75, 3.05) is 24.9 Å². The molecule has 0 bridgehead atoms. The van der Waals surface area contributed by atoms with Crippen LogP contribution in [-0.2, 0) is 30.4 Å². The van der Waals surface area contributed by atoms with Crippen molar-refractivity contribution in [3.8, 4) is 11.5 Å². The molecule has 0 saturated heterocycles. The zero-order chi connectivity index (χ0) is 57.3. The summed E-state index contributed by atoms with van der Waals surface area (Å²) in [6.45, 7) is 12.7. The molecule has 8 aromatic carbocycles. The van der Waals surface area contributed by atoms with Crippen LogP contribution >= 0.6 is 0 Å². The van der Waals surface area contributed by atoms with Gasteiger partial charge in [-0.15, -0.1) is 10.2 Å². The minimum absolute atomic E-state index is 0.0497. The number of amides is 2. The second-order valence-electron chi connectivity index (χ2n) is 18.3. The molecule has 79 heavy (non-hydrogen) atoms. The highest BCUT2D eigenvalue weighted by atomic mass is 32.2. The minimum Gasteiger partial charge on any atom is -0.494 e. The van der Waals surface area contributed by atoms with Crippen LogP contribution in [0.1, 0.15) is 38.9 Å². The molecule has 0 saturated carbocycles. The molecule has 0 atom stereocenters. The number of benzene rings is 8. The smallest absolute Gasteiger partial charge is 0.323 e. The first-order chi connectivity index (χ1) is 37.2. The summed E-state index contributed by atoms with van der Waals surface area (Å²) in [7, 11) is -11.1. The molecule has 0 aliphatic rings. The topological polar surface area (TPSA) is 322 Å². The van der Waals surface area contributed by atoms with Crippen LogP contribution in [0.5, 0.6) is 11.5 Å². The van der Waals surface area contributed by atoms with Crippen molar-refractivity contribution < 1.29 is 53.2 Å². The normalized spacial score (nSPS) is 12.5. The van der Waals surface area contributed by atoms with Gasteiger partial charge in [-0.2, -0.15) is 55.9 Å². The van der Waals surface area contributed by atoms with Gasteiger partial charge in [-0.25, -0.2) is 4.79 Å². The van der Waals surface area contributed by atoms with Crippen LogP contribution in [0, 0.1) is 48.5 Å². The summed E-state index contributed by atoms with van der Waals surface area (Å²) >= 11 is 0. The Morgan fingerprint density at radius 2 is 0.759 bits per heavy atom. The van der Waals surface area contributed by atoms with E-state index in [4.69, 9.17) is 9.47 Å². The lowest BCUT2D eigenvalue weighted by Crippen LogP contribution is -2.20. The second kappa shape index (κ2) is 22.3. The Balaban J connectivity index is 0.918. The van der Waals surface area contributed by atoms with Gasteiger partial charge in [-0.3, -0.25) is 13.7 Å². The second-order valence-corrected chi connectivity index (χ2v) is 22.5. The van der Waals surface area contributed by atoms with Gasteiger partial charge < -0.3 is 20.1 Å². The van der Waals surface area contributed by atoms with E-state index in [-0.39, 0.29) is 21.4 Å². The first-order valence-electron chi connectivity index (χ1n) is 23.6. The Hall–Kier alpha value is -8.72. The van der Waals surface area contributed by atoms with Gasteiger partial charge in [-0.1, -0.05) is 12.1 Å². The number of urea groups is 1. The van der Waals surface area contributed by atoms with Crippen LogP contribution in [-0.4, -0.2) is 59.2 Å². The van der Waals surface area contributed by atoms with E-state index in [0.717, 1.165) is 28.1 Å². The first-order valence-corrected chi connectivity index (χ1v) is 27.9. The number of nitrogens with one attached hydrogen (secondary N) is 2. The Morgan fingerprint density at radius 3 is 1.19 bits per heavy atom. The molecule has 0 heterocycles. The van der Waals surface area contributed by atoms with Gasteiger partial charge in [0, 0.05) is 28.9 Å². The van der Waals surface area contributed by atoms with Crippen molar-refractivity contribution in [3.63, 3.8) is 0 Å². The molecule has 25 heteroatoms. The van der Waals surface area contributed by atoms with Crippen LogP contribution < -0.4 is 20.1 Å². The van der Waals surface area contributed by atoms with Gasteiger partial charge in [0.1, 0.15) is 27.8 Å². The molecule has 2 amide bonds. The average Bonchev–Trinajstić information content (AvgIpc) is 3.48. The third-order valence-electron chi connectivity index (χ3n) is 12.5. The largest absolute Gasteiger partial charge is 0.494 e. The summed E-state index contributed by atoms with van der Waals surface area (Å²) < 4.78 is 111. The fourth-order valence-corrected chi connectivity index (χ4v) is 10.2. The lowest BCUT2D eigenvalue weighted by molar-refractivity contribution is 0.262. The summed E-state index contributed by atoms with van der Waals surface area (Å²) in [5, 5.41) is 42.6. The van der Waals surface area contributed by atoms with E-state index in [9.17, 15) is 43.7 Å². The fraction of sp³-hybridized carbons (Fsp3) is 0.167. The van der Waals surface area contributed by atoms with Gasteiger partial charge >= 0.3 is 6.03 Å². The van der Waals surface area contributed by atoms with E-state index in [1.807, 2.05) is 40.7 Å². The number of hydrogen-bond acceptors (Lipinski definition) is 17. The molecule has 0 aliphatic heterocycles. The first kappa shape index (κ1) is 56.5. The number of aryl methyl sites for hydroxylation is 7. The molecule has 0 radical (unpaired) electrons. The van der Waals surface area contributed by atoms with Crippen molar-refractivity contribution >= 4 is 115 Å². The van der Waals surface area contributed by atoms with Gasteiger partial charge in [0.2, 0.25) is 0 Å². The summed E-state index contributed by atoms with van der Waals surface area (Å²) in [6.07, 6.45) is 0. The molecule has 22 nitrogen and oxygen atoms in total. The third-order valence-corrected chi connectivity index (χ3v) is 15.1. The highest BCUT2D eigenvalue weighted by Gasteiger charge is 2.22. The van der Waals surface area contributed by atoms with Gasteiger partial charge in [-0.05, 0) is 188 Å². The Morgan fingerprint density at radius 1 is 0.392 bits per heavy atom. The lowest BCUT2D eigenvalue weighted by Gasteiger charge is -2.14. The molecule has 0 spiro atoms. The molecule has 0 fully saturated rings. The molecule has 8 rings (SSSR count). The fourth-order valence-electron chi connectivity index (χ4n) is 8.24. The molecule has 8 aromatic rings. The average molecular weight is 1130 g/mol. The van der Waals surface area contributed by atoms with Gasteiger partial charge in [0.15, 0.2) is 0 Å². The maximum Gasteiger partial charge on any atom is 0.323 e. The summed E-state index contributed by atoms with van der Waals surface area (Å²) in [6, 6.07) is 27.3. The molecule has 0 aliphatic carbocycles.